The van der Waals surface area contributed by atoms with Crippen LogP contribution in [0.25, 0.3) is 89.9 Å². The summed E-state index contributed by atoms with van der Waals surface area (Å²) >= 11 is 11.1. The molecule has 0 radical (unpaired) electrons. The van der Waals surface area contributed by atoms with E-state index in [-0.39, 0.29) is 0 Å². The molecule has 0 N–H and O–H groups in total. The van der Waals surface area contributed by atoms with Crippen molar-refractivity contribution in [3.8, 4) is 19.8 Å². The first-order valence-corrected chi connectivity index (χ1v) is 17.6. The summed E-state index contributed by atoms with van der Waals surface area (Å²) < 4.78 is 10.6. The first-order chi connectivity index (χ1) is 19.7. The van der Waals surface area contributed by atoms with Crippen molar-refractivity contribution in [1.29, 1.82) is 0 Å². The van der Waals surface area contributed by atoms with Gasteiger partial charge in [-0.3, -0.25) is 0 Å². The van der Waals surface area contributed by atoms with Crippen LogP contribution in [0.3, 0.4) is 0 Å². The summed E-state index contributed by atoms with van der Waals surface area (Å²) in [5.74, 6) is 0. The second-order valence-electron chi connectivity index (χ2n) is 9.83. The van der Waals surface area contributed by atoms with E-state index >= 15 is 0 Å². The van der Waals surface area contributed by atoms with Gasteiger partial charge < -0.3 is 0 Å². The van der Waals surface area contributed by atoms with Crippen LogP contribution in [0.1, 0.15) is 0 Å². The minimum atomic E-state index is 1.07. The lowest BCUT2D eigenvalue weighted by Gasteiger charge is -1.97. The Morgan fingerprint density at radius 3 is 1.38 bits per heavy atom. The van der Waals surface area contributed by atoms with Crippen LogP contribution < -0.4 is 0 Å². The maximum absolute atomic E-state index is 5.09. The molecular weight excluding hydrogens is 605 g/mol. The zero-order chi connectivity index (χ0) is 25.9. The molecule has 4 aromatic carbocycles. The molecule has 0 atom stereocenters. The van der Waals surface area contributed by atoms with Crippen molar-refractivity contribution in [3.63, 3.8) is 0 Å². The summed E-state index contributed by atoms with van der Waals surface area (Å²) in [6.45, 7) is 0. The molecule has 10 aromatic rings. The van der Waals surface area contributed by atoms with Gasteiger partial charge in [0.25, 0.3) is 0 Å². The molecule has 0 saturated carbocycles. The first-order valence-electron chi connectivity index (χ1n) is 12.7. The third-order valence-corrected chi connectivity index (χ3v) is 14.6. The van der Waals surface area contributed by atoms with Crippen LogP contribution in [0.5, 0.6) is 0 Å². The molecule has 0 unspecified atom stereocenters. The van der Waals surface area contributed by atoms with Crippen molar-refractivity contribution in [1.82, 2.24) is 9.97 Å². The molecule has 0 fully saturated rings. The fourth-order valence-corrected chi connectivity index (χ4v) is 12.6. The number of hydrogen-bond donors (Lipinski definition) is 0. The standard InChI is InChI=1S/C32H14N2S6/c1-3-7-21-17(5-1)29-25(35-21)13-27(37-29)31-33-19-9-15-12-24-20(10-16(15)11-23(19)39-31)34-32(40-24)28-14-26-30(38-28)18-6-2-4-8-22(18)36-26/h1-14H. The lowest BCUT2D eigenvalue weighted by Crippen LogP contribution is -1.76. The van der Waals surface area contributed by atoms with Gasteiger partial charge in [0.05, 0.1) is 39.6 Å². The monoisotopic (exact) mass is 618 g/mol. The quantitative estimate of drug-likeness (QED) is 0.193. The van der Waals surface area contributed by atoms with E-state index < -0.39 is 0 Å². The van der Waals surface area contributed by atoms with Gasteiger partial charge in [0.15, 0.2) is 0 Å². The van der Waals surface area contributed by atoms with Gasteiger partial charge in [-0.05, 0) is 59.3 Å². The van der Waals surface area contributed by atoms with Crippen LogP contribution in [0, 0.1) is 0 Å². The Balaban J connectivity index is 1.07. The topological polar surface area (TPSA) is 25.8 Å². The van der Waals surface area contributed by atoms with Gasteiger partial charge >= 0.3 is 0 Å². The average Bonchev–Trinajstić information content (AvgIpc) is 3.78. The number of rotatable bonds is 2. The Hall–Kier alpha value is -3.24. The van der Waals surface area contributed by atoms with Crippen LogP contribution in [-0.4, -0.2) is 9.97 Å². The van der Waals surface area contributed by atoms with E-state index in [0.717, 1.165) is 21.0 Å². The maximum Gasteiger partial charge on any atom is 0.134 e. The van der Waals surface area contributed by atoms with Gasteiger partial charge in [0.2, 0.25) is 0 Å². The van der Waals surface area contributed by atoms with Crippen LogP contribution in [-0.2, 0) is 0 Å². The first kappa shape index (κ1) is 22.4. The molecule has 10 rings (SSSR count). The van der Waals surface area contributed by atoms with E-state index in [4.69, 9.17) is 9.97 Å². The van der Waals surface area contributed by atoms with Crippen LogP contribution >= 0.6 is 68.0 Å². The summed E-state index contributed by atoms with van der Waals surface area (Å²) in [5.41, 5.74) is 2.15. The molecule has 40 heavy (non-hydrogen) atoms. The number of benzene rings is 4. The Morgan fingerprint density at radius 1 is 0.400 bits per heavy atom. The number of fused-ring (bicyclic) bond motifs is 9. The summed E-state index contributed by atoms with van der Waals surface area (Å²) in [6, 6.07) is 31.1. The summed E-state index contributed by atoms with van der Waals surface area (Å²) in [7, 11) is 0. The molecule has 0 amide bonds. The van der Waals surface area contributed by atoms with Crippen molar-refractivity contribution < 1.29 is 0 Å². The van der Waals surface area contributed by atoms with E-state index in [9.17, 15) is 0 Å². The maximum atomic E-state index is 5.09. The van der Waals surface area contributed by atoms with Gasteiger partial charge in [-0.25, -0.2) is 9.97 Å². The predicted octanol–water partition coefficient (Wildman–Crippen LogP) is 12.3. The summed E-state index contributed by atoms with van der Waals surface area (Å²) in [4.78, 5) is 12.7. The number of thiazole rings is 2. The molecule has 0 saturated heterocycles. The lowest BCUT2D eigenvalue weighted by atomic mass is 10.1. The van der Waals surface area contributed by atoms with Crippen molar-refractivity contribution in [2.45, 2.75) is 0 Å². The average molecular weight is 619 g/mol. The summed E-state index contributed by atoms with van der Waals surface area (Å²) in [6.07, 6.45) is 0. The highest BCUT2D eigenvalue weighted by molar-refractivity contribution is 7.36. The molecule has 6 heterocycles. The minimum Gasteiger partial charge on any atom is -0.235 e. The van der Waals surface area contributed by atoms with Crippen molar-refractivity contribution in [2.24, 2.45) is 0 Å². The van der Waals surface area contributed by atoms with Gasteiger partial charge in [-0.1, -0.05) is 36.4 Å². The van der Waals surface area contributed by atoms with Gasteiger partial charge in [-0.15, -0.1) is 68.0 Å². The molecule has 6 aromatic heterocycles. The molecule has 0 aliphatic carbocycles. The van der Waals surface area contributed by atoms with E-state index in [1.165, 1.54) is 68.9 Å². The highest BCUT2D eigenvalue weighted by Gasteiger charge is 2.17. The van der Waals surface area contributed by atoms with E-state index in [0.29, 0.717) is 0 Å². The van der Waals surface area contributed by atoms with Crippen molar-refractivity contribution in [2.75, 3.05) is 0 Å². The SMILES string of the molecule is c1ccc2c(c1)sc1cc(-c3nc4cc5cc6sc(-c7cc8sc9ccccc9c8s7)nc6cc5cc4s3)sc12. The minimum absolute atomic E-state index is 1.07. The van der Waals surface area contributed by atoms with E-state index in [1.54, 1.807) is 22.7 Å². The molecule has 0 spiro atoms. The highest BCUT2D eigenvalue weighted by Crippen LogP contribution is 2.46. The molecule has 0 bridgehead atoms. The summed E-state index contributed by atoms with van der Waals surface area (Å²) in [5, 5.41) is 7.37. The number of hydrogen-bond acceptors (Lipinski definition) is 8. The molecule has 0 aliphatic heterocycles. The molecular formula is C32H14N2S6. The number of aromatic nitrogens is 2. The largest absolute Gasteiger partial charge is 0.235 e. The van der Waals surface area contributed by atoms with Crippen LogP contribution in [0.2, 0.25) is 0 Å². The zero-order valence-electron chi connectivity index (χ0n) is 20.4. The third kappa shape index (κ3) is 3.23. The Morgan fingerprint density at radius 2 is 0.875 bits per heavy atom. The molecule has 0 aliphatic rings. The fourth-order valence-electron chi connectivity index (χ4n) is 5.52. The molecule has 188 valence electrons. The van der Waals surface area contributed by atoms with Crippen molar-refractivity contribution in [3.05, 3.63) is 84.9 Å². The van der Waals surface area contributed by atoms with Gasteiger partial charge in [0, 0.05) is 29.6 Å². The second kappa shape index (κ2) is 8.16. The van der Waals surface area contributed by atoms with Gasteiger partial charge in [0.1, 0.15) is 10.0 Å². The molecule has 8 heteroatoms. The second-order valence-corrected chi connectivity index (χ2v) is 16.2. The third-order valence-electron chi connectivity index (χ3n) is 7.37. The fraction of sp³-hybridized carbons (Fsp3) is 0. The lowest BCUT2D eigenvalue weighted by molar-refractivity contribution is 1.50. The normalized spacial score (nSPS) is 12.5. The van der Waals surface area contributed by atoms with E-state index in [2.05, 4.69) is 84.9 Å². The Kier molecular flexibility index (Phi) is 4.58. The van der Waals surface area contributed by atoms with Crippen LogP contribution in [0.4, 0.5) is 0 Å². The highest BCUT2D eigenvalue weighted by atomic mass is 32.1. The number of thiophene rings is 4. The predicted molar refractivity (Wildman–Crippen MR) is 183 cm³/mol. The smallest absolute Gasteiger partial charge is 0.134 e. The molecule has 2 nitrogen and oxygen atoms in total. The van der Waals surface area contributed by atoms with E-state index in [1.807, 2.05) is 45.3 Å². The van der Waals surface area contributed by atoms with Crippen LogP contribution in [0.15, 0.2) is 84.9 Å². The number of nitrogens with zero attached hydrogens (tertiary/aromatic N) is 2. The van der Waals surface area contributed by atoms with Gasteiger partial charge in [-0.2, -0.15) is 0 Å². The zero-order valence-corrected chi connectivity index (χ0v) is 25.3. The van der Waals surface area contributed by atoms with Crippen molar-refractivity contribution >= 4 is 138 Å². The Labute approximate surface area is 251 Å². The Bertz CT molecular complexity index is 2370.